The zero-order chi connectivity index (χ0) is 15.4. The summed E-state index contributed by atoms with van der Waals surface area (Å²) in [7, 11) is 3.78. The van der Waals surface area contributed by atoms with Gasteiger partial charge in [0.05, 0.1) is 18.7 Å². The average Bonchev–Trinajstić information content (AvgIpc) is 3.13. The van der Waals surface area contributed by atoms with Gasteiger partial charge in [0.1, 0.15) is 12.2 Å². The fourth-order valence-corrected chi connectivity index (χ4v) is 2.45. The van der Waals surface area contributed by atoms with E-state index in [0.717, 1.165) is 31.0 Å². The van der Waals surface area contributed by atoms with Gasteiger partial charge in [-0.15, -0.1) is 10.2 Å². The molecule has 0 unspecified atom stereocenters. The third-order valence-electron chi connectivity index (χ3n) is 3.56. The Morgan fingerprint density at radius 1 is 1.27 bits per heavy atom. The molecule has 0 saturated carbocycles. The summed E-state index contributed by atoms with van der Waals surface area (Å²) in [5.74, 6) is 0.949. The highest BCUT2D eigenvalue weighted by Crippen LogP contribution is 2.10. The van der Waals surface area contributed by atoms with Crippen LogP contribution in [0.15, 0.2) is 36.9 Å². The Hall–Kier alpha value is -2.25. The van der Waals surface area contributed by atoms with Crippen molar-refractivity contribution >= 4 is 5.52 Å². The maximum Gasteiger partial charge on any atom is 0.147 e. The van der Waals surface area contributed by atoms with Gasteiger partial charge in [-0.2, -0.15) is 5.10 Å². The highest BCUT2D eigenvalue weighted by atomic mass is 16.5. The van der Waals surface area contributed by atoms with Crippen LogP contribution in [-0.4, -0.2) is 50.0 Å². The summed E-state index contributed by atoms with van der Waals surface area (Å²) in [6.07, 6.45) is 5.54. The van der Waals surface area contributed by atoms with Crippen molar-refractivity contribution < 1.29 is 4.74 Å². The first-order valence-electron chi connectivity index (χ1n) is 7.22. The highest BCUT2D eigenvalue weighted by molar-refractivity contribution is 5.47. The van der Waals surface area contributed by atoms with E-state index < -0.39 is 0 Å². The topological polar surface area (TPSA) is 60.5 Å². The predicted octanol–water partition coefficient (Wildman–Crippen LogP) is 1.20. The predicted molar refractivity (Wildman–Crippen MR) is 82.3 cm³/mol. The van der Waals surface area contributed by atoms with Crippen LogP contribution in [0.4, 0.5) is 0 Å². The number of hydrogen-bond donors (Lipinski definition) is 0. The molecule has 3 rings (SSSR count). The van der Waals surface area contributed by atoms with Gasteiger partial charge in [0, 0.05) is 32.6 Å². The van der Waals surface area contributed by atoms with Crippen molar-refractivity contribution in [3.05, 3.63) is 48.3 Å². The van der Waals surface area contributed by atoms with Crippen molar-refractivity contribution in [2.45, 2.75) is 19.6 Å². The van der Waals surface area contributed by atoms with Crippen molar-refractivity contribution in [3.8, 4) is 0 Å². The van der Waals surface area contributed by atoms with Crippen LogP contribution in [-0.2, 0) is 24.4 Å². The van der Waals surface area contributed by atoms with E-state index >= 15 is 0 Å². The van der Waals surface area contributed by atoms with E-state index in [0.29, 0.717) is 6.61 Å². The second kappa shape index (κ2) is 6.67. The molecule has 7 heteroatoms. The largest absolute Gasteiger partial charge is 0.383 e. The minimum Gasteiger partial charge on any atom is -0.383 e. The molecule has 0 aliphatic carbocycles. The van der Waals surface area contributed by atoms with Crippen LogP contribution in [0.5, 0.6) is 0 Å². The molecule has 0 aliphatic heterocycles. The van der Waals surface area contributed by atoms with Crippen LogP contribution in [0.2, 0.25) is 0 Å². The van der Waals surface area contributed by atoms with Crippen LogP contribution in [0.3, 0.4) is 0 Å². The Morgan fingerprint density at radius 3 is 3.05 bits per heavy atom. The molecule has 0 aliphatic rings. The van der Waals surface area contributed by atoms with Crippen LogP contribution >= 0.6 is 0 Å². The number of ether oxygens (including phenoxy) is 1. The number of aromatic nitrogens is 5. The van der Waals surface area contributed by atoms with Crippen molar-refractivity contribution in [1.82, 2.24) is 29.3 Å². The van der Waals surface area contributed by atoms with Crippen molar-refractivity contribution in [2.24, 2.45) is 0 Å². The third kappa shape index (κ3) is 3.32. The van der Waals surface area contributed by atoms with Crippen LogP contribution in [0.1, 0.15) is 11.4 Å². The number of hydrogen-bond acceptors (Lipinski definition) is 5. The summed E-state index contributed by atoms with van der Waals surface area (Å²) in [6, 6.07) is 6.25. The molecule has 0 N–H and O–H groups in total. The Labute approximate surface area is 129 Å². The van der Waals surface area contributed by atoms with Gasteiger partial charge >= 0.3 is 0 Å². The van der Waals surface area contributed by atoms with E-state index in [1.165, 1.54) is 5.56 Å². The highest BCUT2D eigenvalue weighted by Gasteiger charge is 2.08. The lowest BCUT2D eigenvalue weighted by atomic mass is 10.2. The van der Waals surface area contributed by atoms with Gasteiger partial charge in [-0.05, 0) is 30.8 Å². The molecule has 0 spiro atoms. The fourth-order valence-electron chi connectivity index (χ4n) is 2.45. The third-order valence-corrected chi connectivity index (χ3v) is 3.56. The minimum absolute atomic E-state index is 0.659. The van der Waals surface area contributed by atoms with E-state index in [9.17, 15) is 0 Å². The summed E-state index contributed by atoms with van der Waals surface area (Å²) >= 11 is 0. The molecule has 3 heterocycles. The molecule has 0 fully saturated rings. The number of fused-ring (bicyclic) bond motifs is 1. The lowest BCUT2D eigenvalue weighted by molar-refractivity contribution is 0.184. The van der Waals surface area contributed by atoms with Crippen molar-refractivity contribution in [1.29, 1.82) is 0 Å². The Kier molecular flexibility index (Phi) is 4.45. The van der Waals surface area contributed by atoms with E-state index in [4.69, 9.17) is 4.74 Å². The summed E-state index contributed by atoms with van der Waals surface area (Å²) in [5, 5.41) is 12.4. The monoisotopic (exact) mass is 300 g/mol. The van der Waals surface area contributed by atoms with Crippen LogP contribution in [0.25, 0.3) is 5.52 Å². The average molecular weight is 300 g/mol. The smallest absolute Gasteiger partial charge is 0.147 e. The first kappa shape index (κ1) is 14.7. The molecular weight excluding hydrogens is 280 g/mol. The quantitative estimate of drug-likeness (QED) is 0.656. The molecule has 0 atom stereocenters. The number of methoxy groups -OCH3 is 1. The lowest BCUT2D eigenvalue weighted by Crippen LogP contribution is -2.21. The number of nitrogens with zero attached hydrogens (tertiary/aromatic N) is 6. The standard InChI is InChI=1S/C15H20N6O/c1-19(11-15-18-16-12-20(15)7-8-22-2)10-13-4-6-21-14(9-13)3-5-17-21/h3-6,9,12H,7-8,10-11H2,1-2H3. The second-order valence-electron chi connectivity index (χ2n) is 5.34. The van der Waals surface area contributed by atoms with Crippen LogP contribution < -0.4 is 0 Å². The Balaban J connectivity index is 1.64. The van der Waals surface area contributed by atoms with E-state index in [1.54, 1.807) is 19.6 Å². The van der Waals surface area contributed by atoms with Gasteiger partial charge in [-0.1, -0.05) is 0 Å². The maximum atomic E-state index is 5.11. The van der Waals surface area contributed by atoms with E-state index in [2.05, 4.69) is 39.4 Å². The van der Waals surface area contributed by atoms with Crippen LogP contribution in [0, 0.1) is 0 Å². The lowest BCUT2D eigenvalue weighted by Gasteiger charge is -2.17. The van der Waals surface area contributed by atoms with Crippen molar-refractivity contribution in [3.63, 3.8) is 0 Å². The first-order valence-corrected chi connectivity index (χ1v) is 7.22. The SMILES string of the molecule is COCCn1cnnc1CN(C)Cc1ccn2nccc2c1. The molecule has 3 aromatic rings. The summed E-state index contributed by atoms with van der Waals surface area (Å²) in [5.41, 5.74) is 2.35. The minimum atomic E-state index is 0.659. The zero-order valence-corrected chi connectivity index (χ0v) is 12.9. The van der Waals surface area contributed by atoms with Gasteiger partial charge < -0.3 is 9.30 Å². The summed E-state index contributed by atoms with van der Waals surface area (Å²) < 4.78 is 9.00. The molecule has 22 heavy (non-hydrogen) atoms. The van der Waals surface area contributed by atoms with Gasteiger partial charge in [0.15, 0.2) is 0 Å². The second-order valence-corrected chi connectivity index (χ2v) is 5.34. The maximum absolute atomic E-state index is 5.11. The zero-order valence-electron chi connectivity index (χ0n) is 12.9. The normalized spacial score (nSPS) is 11.6. The molecule has 3 aromatic heterocycles. The molecule has 7 nitrogen and oxygen atoms in total. The molecule has 0 saturated heterocycles. The molecule has 116 valence electrons. The number of pyridine rings is 1. The van der Waals surface area contributed by atoms with Gasteiger partial charge in [0.2, 0.25) is 0 Å². The Morgan fingerprint density at radius 2 is 2.18 bits per heavy atom. The summed E-state index contributed by atoms with van der Waals surface area (Å²) in [4.78, 5) is 2.22. The fraction of sp³-hybridized carbons (Fsp3) is 0.400. The molecule has 0 aromatic carbocycles. The van der Waals surface area contributed by atoms with Crippen molar-refractivity contribution in [2.75, 3.05) is 20.8 Å². The Bertz CT molecular complexity index is 734. The van der Waals surface area contributed by atoms with Gasteiger partial charge in [-0.3, -0.25) is 4.90 Å². The number of rotatable bonds is 7. The molecular formula is C15H20N6O. The molecule has 0 radical (unpaired) electrons. The molecule has 0 amide bonds. The van der Waals surface area contributed by atoms with Gasteiger partial charge in [-0.25, -0.2) is 4.52 Å². The van der Waals surface area contributed by atoms with E-state index in [1.807, 2.05) is 21.3 Å². The van der Waals surface area contributed by atoms with E-state index in [-0.39, 0.29) is 0 Å². The summed E-state index contributed by atoms with van der Waals surface area (Å²) in [6.45, 7) is 3.02. The van der Waals surface area contributed by atoms with Gasteiger partial charge in [0.25, 0.3) is 0 Å². The molecule has 0 bridgehead atoms. The first-order chi connectivity index (χ1) is 10.8.